The molecule has 1 amide bonds. The van der Waals surface area contributed by atoms with E-state index in [-0.39, 0.29) is 29.8 Å². The molecule has 1 unspecified atom stereocenters. The highest BCUT2D eigenvalue weighted by molar-refractivity contribution is 5.81. The number of morpholine rings is 1. The predicted octanol–water partition coefficient (Wildman–Crippen LogP) is 2.08. The summed E-state index contributed by atoms with van der Waals surface area (Å²) in [6.45, 7) is 4.90. The van der Waals surface area contributed by atoms with Crippen LogP contribution in [-0.4, -0.2) is 67.2 Å². The molecule has 6 nitrogen and oxygen atoms in total. The zero-order chi connectivity index (χ0) is 19.3. The molecule has 0 aromatic heterocycles. The fraction of sp³-hybridized carbons (Fsp3) is 0.636. The van der Waals surface area contributed by atoms with Gasteiger partial charge in [0.1, 0.15) is 12.7 Å². The number of benzene rings is 1. The second kappa shape index (κ2) is 9.05. The lowest BCUT2D eigenvalue weighted by molar-refractivity contribution is -0.158. The summed E-state index contributed by atoms with van der Waals surface area (Å²) in [5.41, 5.74) is 1.28. The molecule has 2 saturated heterocycles. The molecule has 1 aromatic carbocycles. The molecular weight excluding hydrogens is 356 g/mol. The molecule has 0 spiro atoms. The average Bonchev–Trinajstić information content (AvgIpc) is 3.58. The van der Waals surface area contributed by atoms with E-state index in [1.807, 2.05) is 11.0 Å². The average molecular weight is 386 g/mol. The first-order chi connectivity index (χ1) is 13.7. The summed E-state index contributed by atoms with van der Waals surface area (Å²) in [5, 5.41) is 0. The van der Waals surface area contributed by atoms with E-state index in [1.165, 1.54) is 5.56 Å². The van der Waals surface area contributed by atoms with Crippen molar-refractivity contribution in [1.82, 2.24) is 9.80 Å². The summed E-state index contributed by atoms with van der Waals surface area (Å²) in [4.78, 5) is 28.8. The number of hydrogen-bond donors (Lipinski definition) is 0. The molecule has 0 radical (unpaired) electrons. The van der Waals surface area contributed by atoms with Crippen molar-refractivity contribution in [1.29, 1.82) is 0 Å². The first kappa shape index (κ1) is 19.4. The molecular formula is C22H30N2O4. The van der Waals surface area contributed by atoms with Crippen LogP contribution in [0.15, 0.2) is 30.3 Å². The summed E-state index contributed by atoms with van der Waals surface area (Å²) >= 11 is 0. The van der Waals surface area contributed by atoms with Crippen molar-refractivity contribution in [3.05, 3.63) is 35.9 Å². The van der Waals surface area contributed by atoms with Gasteiger partial charge in [0.25, 0.3) is 0 Å². The molecule has 1 aromatic rings. The van der Waals surface area contributed by atoms with Crippen molar-refractivity contribution in [3.8, 4) is 0 Å². The van der Waals surface area contributed by atoms with E-state index < -0.39 is 0 Å². The van der Waals surface area contributed by atoms with Crippen LogP contribution in [0, 0.1) is 11.8 Å². The topological polar surface area (TPSA) is 59.1 Å². The van der Waals surface area contributed by atoms with Gasteiger partial charge < -0.3 is 14.4 Å². The second-order valence-electron chi connectivity index (χ2n) is 8.22. The number of amides is 1. The van der Waals surface area contributed by atoms with Gasteiger partial charge in [-0.25, -0.2) is 0 Å². The first-order valence-corrected chi connectivity index (χ1v) is 10.5. The zero-order valence-corrected chi connectivity index (χ0v) is 16.4. The number of carbonyl (C=O) groups excluding carboxylic acids is 2. The van der Waals surface area contributed by atoms with E-state index in [2.05, 4.69) is 29.2 Å². The predicted molar refractivity (Wildman–Crippen MR) is 104 cm³/mol. The molecule has 3 fully saturated rings. The van der Waals surface area contributed by atoms with Gasteiger partial charge in [0.05, 0.1) is 12.5 Å². The lowest BCUT2D eigenvalue weighted by Crippen LogP contribution is -2.45. The number of piperidine rings is 1. The van der Waals surface area contributed by atoms with Crippen LogP contribution in [0.1, 0.15) is 31.2 Å². The normalized spacial score (nSPS) is 24.1. The van der Waals surface area contributed by atoms with E-state index in [0.717, 1.165) is 32.5 Å². The van der Waals surface area contributed by atoms with Crippen molar-refractivity contribution < 1.29 is 19.1 Å². The van der Waals surface area contributed by atoms with Crippen LogP contribution in [0.2, 0.25) is 0 Å². The van der Waals surface area contributed by atoms with Crippen LogP contribution < -0.4 is 0 Å². The molecule has 1 atom stereocenters. The number of likely N-dealkylation sites (tertiary alicyclic amines) is 1. The van der Waals surface area contributed by atoms with E-state index in [0.29, 0.717) is 39.1 Å². The Hall–Kier alpha value is -1.92. The van der Waals surface area contributed by atoms with Crippen LogP contribution in [0.25, 0.3) is 0 Å². The second-order valence-corrected chi connectivity index (χ2v) is 8.22. The molecule has 152 valence electrons. The monoisotopic (exact) mass is 386 g/mol. The molecule has 2 heterocycles. The quantitative estimate of drug-likeness (QED) is 0.701. The van der Waals surface area contributed by atoms with Crippen molar-refractivity contribution in [2.75, 3.05) is 39.4 Å². The molecule has 0 N–H and O–H groups in total. The molecule has 1 saturated carbocycles. The van der Waals surface area contributed by atoms with Crippen molar-refractivity contribution in [3.63, 3.8) is 0 Å². The van der Waals surface area contributed by atoms with Gasteiger partial charge in [0, 0.05) is 38.6 Å². The molecule has 2 aliphatic heterocycles. The minimum Gasteiger partial charge on any atom is -0.463 e. The smallest absolute Gasteiger partial charge is 0.309 e. The Labute approximate surface area is 166 Å². The number of nitrogens with zero attached hydrogens (tertiary/aromatic N) is 2. The van der Waals surface area contributed by atoms with Gasteiger partial charge in [-0.1, -0.05) is 30.3 Å². The number of rotatable bonds is 6. The minimum absolute atomic E-state index is 0.0713. The van der Waals surface area contributed by atoms with Gasteiger partial charge in [0.2, 0.25) is 5.91 Å². The fourth-order valence-electron chi connectivity index (χ4n) is 4.08. The van der Waals surface area contributed by atoms with Crippen LogP contribution in [-0.2, 0) is 25.6 Å². The fourth-order valence-corrected chi connectivity index (χ4v) is 4.08. The van der Waals surface area contributed by atoms with Crippen LogP contribution >= 0.6 is 0 Å². The van der Waals surface area contributed by atoms with Gasteiger partial charge in [-0.3, -0.25) is 14.5 Å². The molecule has 4 rings (SSSR count). The number of carbonyl (C=O) groups is 2. The van der Waals surface area contributed by atoms with Crippen molar-refractivity contribution >= 4 is 11.9 Å². The third kappa shape index (κ3) is 5.11. The third-order valence-corrected chi connectivity index (χ3v) is 5.95. The standard InChI is InChI=1S/C22H30N2O4/c25-21(18-6-7-18)24-10-8-19(9-11-24)22(26)28-16-20-15-23(12-13-27-20)14-17-4-2-1-3-5-17/h1-5,18-20H,6-16H2. The Morgan fingerprint density at radius 2 is 1.75 bits per heavy atom. The molecule has 1 aliphatic carbocycles. The lowest BCUT2D eigenvalue weighted by atomic mass is 9.96. The molecule has 6 heteroatoms. The van der Waals surface area contributed by atoms with Crippen LogP contribution in [0.4, 0.5) is 0 Å². The van der Waals surface area contributed by atoms with Gasteiger partial charge >= 0.3 is 5.97 Å². The Balaban J connectivity index is 1.18. The summed E-state index contributed by atoms with van der Waals surface area (Å²) < 4.78 is 11.4. The van der Waals surface area contributed by atoms with Gasteiger partial charge in [-0.2, -0.15) is 0 Å². The molecule has 3 aliphatic rings. The lowest BCUT2D eigenvalue weighted by Gasteiger charge is -2.34. The van der Waals surface area contributed by atoms with Gasteiger partial charge in [-0.05, 0) is 31.2 Å². The Kier molecular flexibility index (Phi) is 6.27. The van der Waals surface area contributed by atoms with Gasteiger partial charge in [-0.15, -0.1) is 0 Å². The largest absolute Gasteiger partial charge is 0.463 e. The highest BCUT2D eigenvalue weighted by Gasteiger charge is 2.36. The summed E-state index contributed by atoms with van der Waals surface area (Å²) in [6, 6.07) is 10.4. The third-order valence-electron chi connectivity index (χ3n) is 5.95. The SMILES string of the molecule is O=C(OCC1CN(Cc2ccccc2)CCO1)C1CCN(C(=O)C2CC2)CC1. The summed E-state index contributed by atoms with van der Waals surface area (Å²) in [5.74, 6) is 0.307. The summed E-state index contributed by atoms with van der Waals surface area (Å²) in [6.07, 6.45) is 3.41. The Morgan fingerprint density at radius 1 is 1.00 bits per heavy atom. The Bertz CT molecular complexity index is 668. The zero-order valence-electron chi connectivity index (χ0n) is 16.4. The van der Waals surface area contributed by atoms with Crippen LogP contribution in [0.3, 0.4) is 0 Å². The Morgan fingerprint density at radius 3 is 2.46 bits per heavy atom. The molecule has 28 heavy (non-hydrogen) atoms. The van der Waals surface area contributed by atoms with Gasteiger partial charge in [0.15, 0.2) is 0 Å². The maximum Gasteiger partial charge on any atom is 0.309 e. The van der Waals surface area contributed by atoms with E-state index >= 15 is 0 Å². The minimum atomic E-state index is -0.137. The highest BCUT2D eigenvalue weighted by Crippen LogP contribution is 2.32. The van der Waals surface area contributed by atoms with E-state index in [1.54, 1.807) is 0 Å². The molecule has 0 bridgehead atoms. The summed E-state index contributed by atoms with van der Waals surface area (Å²) in [7, 11) is 0. The maximum atomic E-state index is 12.4. The van der Waals surface area contributed by atoms with Crippen molar-refractivity contribution in [2.45, 2.75) is 38.3 Å². The number of hydrogen-bond acceptors (Lipinski definition) is 5. The van der Waals surface area contributed by atoms with E-state index in [9.17, 15) is 9.59 Å². The van der Waals surface area contributed by atoms with Crippen molar-refractivity contribution in [2.24, 2.45) is 11.8 Å². The maximum absolute atomic E-state index is 12.4. The number of esters is 1. The highest BCUT2D eigenvalue weighted by atomic mass is 16.6. The number of ether oxygens (including phenoxy) is 2. The first-order valence-electron chi connectivity index (χ1n) is 10.5. The van der Waals surface area contributed by atoms with Crippen LogP contribution in [0.5, 0.6) is 0 Å². The van der Waals surface area contributed by atoms with E-state index in [4.69, 9.17) is 9.47 Å².